The van der Waals surface area contributed by atoms with Crippen molar-refractivity contribution in [2.24, 2.45) is 5.92 Å². The minimum absolute atomic E-state index is 0.0840. The van der Waals surface area contributed by atoms with Crippen molar-refractivity contribution in [3.63, 3.8) is 0 Å². The Labute approximate surface area is 215 Å². The molecule has 2 amide bonds. The van der Waals surface area contributed by atoms with Crippen molar-refractivity contribution in [2.45, 2.75) is 104 Å². The highest BCUT2D eigenvalue weighted by Gasteiger charge is 2.52. The van der Waals surface area contributed by atoms with Crippen LogP contribution in [0.2, 0.25) is 0 Å². The van der Waals surface area contributed by atoms with Crippen LogP contribution >= 0.6 is 0 Å². The fourth-order valence-corrected chi connectivity index (χ4v) is 4.13. The maximum atomic E-state index is 13.0. The van der Waals surface area contributed by atoms with Gasteiger partial charge in [0.2, 0.25) is 11.9 Å². The van der Waals surface area contributed by atoms with Crippen molar-refractivity contribution in [2.75, 3.05) is 18.0 Å². The van der Waals surface area contributed by atoms with Gasteiger partial charge in [-0.15, -0.1) is 0 Å². The predicted octanol–water partition coefficient (Wildman–Crippen LogP) is 2.41. The van der Waals surface area contributed by atoms with E-state index < -0.39 is 36.1 Å². The molecule has 2 aliphatic heterocycles. The molecule has 0 bridgehead atoms. The van der Waals surface area contributed by atoms with Gasteiger partial charge in [0.1, 0.15) is 11.6 Å². The molecular formula is C25H42BN5O5. The SMILES string of the molecule is CC(C)[C@H](NC(=O)OC(C)(C)C)C(=O)N[C@@H]1CCCN(c2ncc(B3OC(C)(C)C(C)(C)O3)cn2)C1. The maximum absolute atomic E-state index is 13.0. The van der Waals surface area contributed by atoms with Crippen molar-refractivity contribution in [3.05, 3.63) is 12.4 Å². The number of ether oxygens (including phenoxy) is 1. The second kappa shape index (κ2) is 10.5. The molecule has 11 heteroatoms. The number of piperidine rings is 1. The quantitative estimate of drug-likeness (QED) is 0.569. The first-order chi connectivity index (χ1) is 16.6. The fraction of sp³-hybridized carbons (Fsp3) is 0.760. The van der Waals surface area contributed by atoms with E-state index in [-0.39, 0.29) is 17.9 Å². The third-order valence-corrected chi connectivity index (χ3v) is 6.86. The summed E-state index contributed by atoms with van der Waals surface area (Å²) in [5, 5.41) is 5.81. The monoisotopic (exact) mass is 503 g/mol. The predicted molar refractivity (Wildman–Crippen MR) is 139 cm³/mol. The summed E-state index contributed by atoms with van der Waals surface area (Å²) in [4.78, 5) is 36.5. The van der Waals surface area contributed by atoms with Gasteiger partial charge in [0.25, 0.3) is 0 Å². The van der Waals surface area contributed by atoms with E-state index in [0.29, 0.717) is 12.5 Å². The van der Waals surface area contributed by atoms with Gasteiger partial charge in [0.05, 0.1) is 11.2 Å². The number of alkyl carbamates (subject to hydrolysis) is 1. The molecule has 200 valence electrons. The summed E-state index contributed by atoms with van der Waals surface area (Å²) in [5.74, 6) is 0.282. The molecule has 10 nitrogen and oxygen atoms in total. The molecular weight excluding hydrogens is 461 g/mol. The highest BCUT2D eigenvalue weighted by molar-refractivity contribution is 6.61. The lowest BCUT2D eigenvalue weighted by Crippen LogP contribution is -2.56. The van der Waals surface area contributed by atoms with E-state index in [1.807, 2.05) is 41.5 Å². The van der Waals surface area contributed by atoms with Crippen LogP contribution in [0.3, 0.4) is 0 Å². The van der Waals surface area contributed by atoms with Gasteiger partial charge in [0.15, 0.2) is 0 Å². The van der Waals surface area contributed by atoms with Crippen molar-refractivity contribution in [1.29, 1.82) is 0 Å². The van der Waals surface area contributed by atoms with E-state index in [4.69, 9.17) is 14.0 Å². The van der Waals surface area contributed by atoms with Gasteiger partial charge in [-0.2, -0.15) is 0 Å². The smallest absolute Gasteiger partial charge is 0.444 e. The number of carbonyl (C=O) groups is 2. The van der Waals surface area contributed by atoms with Gasteiger partial charge in [-0.05, 0) is 67.2 Å². The number of aromatic nitrogens is 2. The molecule has 2 N–H and O–H groups in total. The molecule has 3 heterocycles. The van der Waals surface area contributed by atoms with Gasteiger partial charge in [-0.1, -0.05) is 13.8 Å². The molecule has 1 aromatic rings. The maximum Gasteiger partial charge on any atom is 0.498 e. The summed E-state index contributed by atoms with van der Waals surface area (Å²) in [5.41, 5.74) is -0.724. The van der Waals surface area contributed by atoms with E-state index in [1.54, 1.807) is 33.2 Å². The Morgan fingerprint density at radius 2 is 1.72 bits per heavy atom. The molecule has 2 saturated heterocycles. The Kier molecular flexibility index (Phi) is 8.25. The van der Waals surface area contributed by atoms with Crippen LogP contribution in [-0.2, 0) is 18.8 Å². The average Bonchev–Trinajstić information content (AvgIpc) is 2.98. The molecule has 2 aliphatic rings. The topological polar surface area (TPSA) is 115 Å². The summed E-state index contributed by atoms with van der Waals surface area (Å²) >= 11 is 0. The Hall–Kier alpha value is -2.40. The van der Waals surface area contributed by atoms with Crippen molar-refractivity contribution < 1.29 is 23.6 Å². The molecule has 3 rings (SSSR count). The molecule has 36 heavy (non-hydrogen) atoms. The normalized spacial score (nSPS) is 22.3. The fourth-order valence-electron chi connectivity index (χ4n) is 4.13. The summed E-state index contributed by atoms with van der Waals surface area (Å²) in [6.45, 7) is 18.6. The van der Waals surface area contributed by atoms with Crippen LogP contribution in [0, 0.1) is 5.92 Å². The van der Waals surface area contributed by atoms with Gasteiger partial charge in [-0.25, -0.2) is 14.8 Å². The average molecular weight is 503 g/mol. The first kappa shape index (κ1) is 28.2. The number of carbonyl (C=O) groups excluding carboxylic acids is 2. The second-order valence-electron chi connectivity index (χ2n) is 12.1. The van der Waals surface area contributed by atoms with Crippen LogP contribution in [-0.4, -0.2) is 71.1 Å². The highest BCUT2D eigenvalue weighted by Crippen LogP contribution is 2.36. The zero-order chi connectivity index (χ0) is 26.9. The van der Waals surface area contributed by atoms with Crippen LogP contribution in [0.5, 0.6) is 0 Å². The molecule has 0 aliphatic carbocycles. The number of anilines is 1. The zero-order valence-electron chi connectivity index (χ0n) is 23.2. The molecule has 2 atom stereocenters. The summed E-state index contributed by atoms with van der Waals surface area (Å²) in [6.07, 6.45) is 4.61. The molecule has 0 saturated carbocycles. The molecule has 2 fully saturated rings. The summed E-state index contributed by atoms with van der Waals surface area (Å²) < 4.78 is 17.5. The standard InChI is InChI=1S/C25H42BN5O5/c1-16(2)19(30-22(33)34-23(3,4)5)20(32)29-18-11-10-12-31(15-18)21-27-13-17(14-28-21)26-35-24(6,7)25(8,9)36-26/h13-14,16,18-19H,10-12,15H2,1-9H3,(H,29,32)(H,30,33)/t18-,19+/m1/s1. The number of hydrogen-bond donors (Lipinski definition) is 2. The lowest BCUT2D eigenvalue weighted by Gasteiger charge is -2.34. The minimum Gasteiger partial charge on any atom is -0.444 e. The van der Waals surface area contributed by atoms with Crippen LogP contribution < -0.4 is 21.0 Å². The number of nitrogens with zero attached hydrogens (tertiary/aromatic N) is 3. The molecule has 0 unspecified atom stereocenters. The molecule has 0 aromatic carbocycles. The number of nitrogens with one attached hydrogen (secondary N) is 2. The molecule has 0 radical (unpaired) electrons. The zero-order valence-corrected chi connectivity index (χ0v) is 23.2. The Bertz CT molecular complexity index is 916. The van der Waals surface area contributed by atoms with Gasteiger partial charge < -0.3 is 29.6 Å². The lowest BCUT2D eigenvalue weighted by molar-refractivity contribution is -0.125. The van der Waals surface area contributed by atoms with Crippen molar-refractivity contribution in [3.8, 4) is 0 Å². The van der Waals surface area contributed by atoms with E-state index in [9.17, 15) is 9.59 Å². The largest absolute Gasteiger partial charge is 0.498 e. The minimum atomic E-state index is -0.689. The van der Waals surface area contributed by atoms with Gasteiger partial charge >= 0.3 is 13.2 Å². The molecule has 1 aromatic heterocycles. The number of hydrogen-bond acceptors (Lipinski definition) is 8. The van der Waals surface area contributed by atoms with Crippen LogP contribution in [0.1, 0.15) is 75.2 Å². The van der Waals surface area contributed by atoms with Crippen LogP contribution in [0.4, 0.5) is 10.7 Å². The number of rotatable bonds is 6. The lowest BCUT2D eigenvalue weighted by atomic mass is 9.81. The van der Waals surface area contributed by atoms with E-state index in [2.05, 4.69) is 25.5 Å². The summed E-state index contributed by atoms with van der Waals surface area (Å²) in [7, 11) is -0.511. The van der Waals surface area contributed by atoms with Gasteiger partial charge in [-0.3, -0.25) is 4.79 Å². The first-order valence-corrected chi connectivity index (χ1v) is 12.8. The molecule has 0 spiro atoms. The first-order valence-electron chi connectivity index (χ1n) is 12.8. The van der Waals surface area contributed by atoms with Crippen molar-refractivity contribution >= 4 is 30.5 Å². The van der Waals surface area contributed by atoms with E-state index in [1.165, 1.54) is 0 Å². The highest BCUT2D eigenvalue weighted by atomic mass is 16.7. The second-order valence-corrected chi connectivity index (χ2v) is 12.1. The van der Waals surface area contributed by atoms with Crippen molar-refractivity contribution in [1.82, 2.24) is 20.6 Å². The Balaban J connectivity index is 1.59. The number of amides is 2. The van der Waals surface area contributed by atoms with Crippen LogP contribution in [0.15, 0.2) is 12.4 Å². The summed E-state index contributed by atoms with van der Waals surface area (Å²) in [6, 6.07) is -0.773. The Morgan fingerprint density at radius 1 is 1.14 bits per heavy atom. The third-order valence-electron chi connectivity index (χ3n) is 6.86. The van der Waals surface area contributed by atoms with Gasteiger partial charge in [0, 0.05) is 37.0 Å². The van der Waals surface area contributed by atoms with E-state index >= 15 is 0 Å². The third kappa shape index (κ3) is 6.88. The Morgan fingerprint density at radius 3 is 2.25 bits per heavy atom. The van der Waals surface area contributed by atoms with E-state index in [0.717, 1.165) is 24.8 Å². The van der Waals surface area contributed by atoms with Crippen LogP contribution in [0.25, 0.3) is 0 Å².